The molecule has 2 aliphatic heterocycles. The van der Waals surface area contributed by atoms with Crippen molar-refractivity contribution in [2.24, 2.45) is 11.8 Å². The van der Waals surface area contributed by atoms with E-state index in [4.69, 9.17) is 16.3 Å². The van der Waals surface area contributed by atoms with Crippen molar-refractivity contribution in [2.75, 3.05) is 4.90 Å². The lowest BCUT2D eigenvalue weighted by atomic mass is 9.77. The lowest BCUT2D eigenvalue weighted by Gasteiger charge is -2.27. The molecule has 37 heavy (non-hydrogen) atoms. The maximum absolute atomic E-state index is 13.8. The first kappa shape index (κ1) is 23.6. The van der Waals surface area contributed by atoms with Gasteiger partial charge in [-0.25, -0.2) is 4.90 Å². The molecule has 1 aliphatic carbocycles. The van der Waals surface area contributed by atoms with Gasteiger partial charge in [-0.15, -0.1) is 0 Å². The minimum absolute atomic E-state index is 0.0597. The van der Waals surface area contributed by atoms with E-state index in [-0.39, 0.29) is 16.8 Å². The van der Waals surface area contributed by atoms with Crippen LogP contribution in [0.1, 0.15) is 37.9 Å². The van der Waals surface area contributed by atoms with Gasteiger partial charge in [-0.2, -0.15) is 13.2 Å². The Morgan fingerprint density at radius 3 is 2.00 bits per heavy atom. The number of halogens is 4. The Hall–Kier alpha value is -3.82. The smallest absolute Gasteiger partial charge is 0.349 e. The van der Waals surface area contributed by atoms with E-state index < -0.39 is 63.7 Å². The van der Waals surface area contributed by atoms with Gasteiger partial charge in [0.2, 0.25) is 29.0 Å². The molecule has 0 saturated carbocycles. The summed E-state index contributed by atoms with van der Waals surface area (Å²) in [5.74, 6) is -6.25. The van der Waals surface area contributed by atoms with Gasteiger partial charge in [0.15, 0.2) is 0 Å². The third-order valence-electron chi connectivity index (χ3n) is 7.16. The molecular formula is C27H15ClF3NO5. The van der Waals surface area contributed by atoms with Gasteiger partial charge < -0.3 is 4.74 Å². The van der Waals surface area contributed by atoms with E-state index in [1.165, 1.54) is 12.1 Å². The number of Topliss-reactive ketones (excluding diaryl/α,β-unsaturated/α-hetero) is 2. The van der Waals surface area contributed by atoms with Crippen molar-refractivity contribution in [2.45, 2.75) is 17.9 Å². The van der Waals surface area contributed by atoms with Crippen LogP contribution in [0.15, 0.2) is 72.8 Å². The summed E-state index contributed by atoms with van der Waals surface area (Å²) >= 11 is 5.73. The fourth-order valence-corrected chi connectivity index (χ4v) is 5.81. The van der Waals surface area contributed by atoms with E-state index in [0.717, 1.165) is 12.1 Å². The zero-order valence-corrected chi connectivity index (χ0v) is 19.4. The van der Waals surface area contributed by atoms with Crippen LogP contribution in [0.2, 0.25) is 5.02 Å². The summed E-state index contributed by atoms with van der Waals surface area (Å²) in [5, 5.41) is -0.603. The van der Waals surface area contributed by atoms with Crippen LogP contribution < -0.4 is 4.90 Å². The molecule has 0 unspecified atom stereocenters. The lowest BCUT2D eigenvalue weighted by molar-refractivity contribution is -0.137. The third kappa shape index (κ3) is 3.10. The van der Waals surface area contributed by atoms with Gasteiger partial charge in [0.25, 0.3) is 0 Å². The van der Waals surface area contributed by atoms with Crippen LogP contribution >= 0.6 is 11.6 Å². The number of imide groups is 1. The summed E-state index contributed by atoms with van der Waals surface area (Å²) in [6.07, 6.45) is -6.01. The Balaban J connectivity index is 1.53. The first-order chi connectivity index (χ1) is 17.6. The van der Waals surface area contributed by atoms with Crippen LogP contribution in [0.4, 0.5) is 18.9 Å². The molecule has 3 atom stereocenters. The number of anilines is 1. The van der Waals surface area contributed by atoms with Crippen molar-refractivity contribution in [3.8, 4) is 0 Å². The highest BCUT2D eigenvalue weighted by molar-refractivity contribution is 6.37. The minimum atomic E-state index is -4.84. The van der Waals surface area contributed by atoms with Crippen molar-refractivity contribution in [1.29, 1.82) is 0 Å². The number of alkyl halides is 3. The van der Waals surface area contributed by atoms with Crippen LogP contribution in [0, 0.1) is 11.8 Å². The van der Waals surface area contributed by atoms with Gasteiger partial charge in [-0.05, 0) is 23.8 Å². The van der Waals surface area contributed by atoms with E-state index in [9.17, 15) is 32.3 Å². The molecule has 1 spiro atoms. The van der Waals surface area contributed by atoms with Gasteiger partial charge in [0, 0.05) is 11.1 Å². The molecule has 2 amide bonds. The van der Waals surface area contributed by atoms with E-state index in [1.54, 1.807) is 42.5 Å². The summed E-state index contributed by atoms with van der Waals surface area (Å²) in [5.41, 5.74) is -3.33. The molecule has 186 valence electrons. The lowest BCUT2D eigenvalue weighted by Crippen LogP contribution is -2.51. The molecule has 0 radical (unpaired) electrons. The number of amides is 2. The third-order valence-corrected chi connectivity index (χ3v) is 7.49. The molecule has 3 aliphatic rings. The molecule has 10 heteroatoms. The number of fused-ring (bicyclic) bond motifs is 3. The Morgan fingerprint density at radius 2 is 1.41 bits per heavy atom. The van der Waals surface area contributed by atoms with Crippen LogP contribution in [0.25, 0.3) is 0 Å². The molecular weight excluding hydrogens is 511 g/mol. The van der Waals surface area contributed by atoms with Gasteiger partial charge in [0.05, 0.1) is 34.2 Å². The second-order valence-electron chi connectivity index (χ2n) is 9.07. The summed E-state index contributed by atoms with van der Waals surface area (Å²) in [7, 11) is 0. The number of nitrogens with zero attached hydrogens (tertiary/aromatic N) is 1. The number of benzene rings is 3. The maximum atomic E-state index is 13.8. The van der Waals surface area contributed by atoms with E-state index in [0.29, 0.717) is 16.5 Å². The monoisotopic (exact) mass is 525 g/mol. The van der Waals surface area contributed by atoms with Gasteiger partial charge >= 0.3 is 6.18 Å². The van der Waals surface area contributed by atoms with E-state index in [1.807, 2.05) is 0 Å². The van der Waals surface area contributed by atoms with Crippen LogP contribution in [-0.2, 0) is 20.5 Å². The van der Waals surface area contributed by atoms with Crippen molar-refractivity contribution < 1.29 is 37.1 Å². The molecule has 3 aromatic rings. The first-order valence-electron chi connectivity index (χ1n) is 11.2. The number of hydrogen-bond donors (Lipinski definition) is 0. The molecule has 2 saturated heterocycles. The maximum Gasteiger partial charge on any atom is 0.417 e. The Bertz CT molecular complexity index is 1480. The molecule has 6 rings (SSSR count). The molecule has 0 bridgehead atoms. The SMILES string of the molecule is O=C1[C@@H]2[C@@H](c3ccccc3)OC3(C(=O)c4ccccc4C3=O)[C@@H]2C(=O)N1c1ccc(Cl)c(C(F)(F)F)c1. The van der Waals surface area contributed by atoms with Crippen molar-refractivity contribution in [3.63, 3.8) is 0 Å². The molecule has 0 aromatic heterocycles. The summed E-state index contributed by atoms with van der Waals surface area (Å²) in [4.78, 5) is 55.5. The van der Waals surface area contributed by atoms with Gasteiger partial charge in [0.1, 0.15) is 0 Å². The van der Waals surface area contributed by atoms with Crippen LogP contribution in [0.3, 0.4) is 0 Å². The highest BCUT2D eigenvalue weighted by Crippen LogP contribution is 2.57. The quantitative estimate of drug-likeness (QED) is 0.345. The van der Waals surface area contributed by atoms with Crippen LogP contribution in [0.5, 0.6) is 0 Å². The van der Waals surface area contributed by atoms with Crippen LogP contribution in [-0.4, -0.2) is 29.0 Å². The molecule has 2 heterocycles. The first-order valence-corrected chi connectivity index (χ1v) is 11.6. The zero-order valence-electron chi connectivity index (χ0n) is 18.7. The Labute approximate surface area is 212 Å². The fraction of sp³-hybridized carbons (Fsp3) is 0.185. The second-order valence-corrected chi connectivity index (χ2v) is 9.47. The van der Waals surface area contributed by atoms with Crippen molar-refractivity contribution in [3.05, 3.63) is 100 Å². The average Bonchev–Trinajstić information content (AvgIpc) is 3.44. The molecule has 6 nitrogen and oxygen atoms in total. The summed E-state index contributed by atoms with van der Waals surface area (Å²) < 4.78 is 46.7. The number of hydrogen-bond acceptors (Lipinski definition) is 5. The largest absolute Gasteiger partial charge is 0.417 e. The van der Waals surface area contributed by atoms with Crippen molar-refractivity contribution >= 4 is 40.7 Å². The number of carbonyl (C=O) groups excluding carboxylic acids is 4. The standard InChI is InChI=1S/C27H15ClF3NO5/c28-18-11-10-14(12-17(18)27(29,30)31)32-24(35)19-20(25(32)36)26(37-21(19)13-6-2-1-3-7-13)22(33)15-8-4-5-9-16(15)23(26)34/h1-12,19-21H/t19-,20-,21+/m0/s1. The predicted octanol–water partition coefficient (Wildman–Crippen LogP) is 5.05. The predicted molar refractivity (Wildman–Crippen MR) is 124 cm³/mol. The number of carbonyl (C=O) groups is 4. The Kier molecular flexibility index (Phi) is 4.99. The molecule has 3 aromatic carbocycles. The summed E-state index contributed by atoms with van der Waals surface area (Å²) in [6, 6.07) is 17.0. The average molecular weight is 526 g/mol. The zero-order chi connectivity index (χ0) is 26.3. The topological polar surface area (TPSA) is 80.8 Å². The highest BCUT2D eigenvalue weighted by atomic mass is 35.5. The number of ether oxygens (including phenoxy) is 1. The number of rotatable bonds is 2. The minimum Gasteiger partial charge on any atom is -0.349 e. The van der Waals surface area contributed by atoms with E-state index >= 15 is 0 Å². The van der Waals surface area contributed by atoms with Gasteiger partial charge in [-0.3, -0.25) is 19.2 Å². The van der Waals surface area contributed by atoms with E-state index in [2.05, 4.69) is 0 Å². The molecule has 0 N–H and O–H groups in total. The summed E-state index contributed by atoms with van der Waals surface area (Å²) in [6.45, 7) is 0. The highest BCUT2D eigenvalue weighted by Gasteiger charge is 2.74. The van der Waals surface area contributed by atoms with Crippen molar-refractivity contribution in [1.82, 2.24) is 0 Å². The number of ketones is 2. The normalized spacial score (nSPS) is 24.2. The fourth-order valence-electron chi connectivity index (χ4n) is 5.58. The van der Waals surface area contributed by atoms with Gasteiger partial charge in [-0.1, -0.05) is 66.2 Å². The molecule has 2 fully saturated rings. The second kappa shape index (κ2) is 7.84. The Morgan fingerprint density at radius 1 is 0.811 bits per heavy atom.